The lowest BCUT2D eigenvalue weighted by molar-refractivity contribution is 0.148. The average Bonchev–Trinajstić information content (AvgIpc) is 2.88. The van der Waals surface area contributed by atoms with Gasteiger partial charge in [-0.25, -0.2) is 9.59 Å². The monoisotopic (exact) mass is 484 g/mol. The molecule has 2 aliphatic rings. The molecule has 1 N–H and O–H groups in total. The van der Waals surface area contributed by atoms with Crippen molar-refractivity contribution in [2.24, 2.45) is 10.9 Å². The maximum absolute atomic E-state index is 13.0. The second-order valence-corrected chi connectivity index (χ2v) is 8.58. The molecular formula is C29H28N2O5. The van der Waals surface area contributed by atoms with Crippen LogP contribution in [0.4, 0.5) is 9.59 Å². The first-order chi connectivity index (χ1) is 17.4. The van der Waals surface area contributed by atoms with Crippen molar-refractivity contribution in [1.82, 2.24) is 5.32 Å². The predicted molar refractivity (Wildman–Crippen MR) is 138 cm³/mol. The molecule has 2 bridgehead atoms. The number of aliphatic imine (C=N–C) groups is 1. The van der Waals surface area contributed by atoms with Crippen molar-refractivity contribution < 1.29 is 23.8 Å². The summed E-state index contributed by atoms with van der Waals surface area (Å²) in [6, 6.07) is 17.5. The summed E-state index contributed by atoms with van der Waals surface area (Å²) in [5.74, 6) is 0.743. The second kappa shape index (κ2) is 10.9. The molecule has 1 aliphatic carbocycles. The van der Waals surface area contributed by atoms with Crippen molar-refractivity contribution in [3.8, 4) is 11.5 Å². The van der Waals surface area contributed by atoms with E-state index >= 15 is 0 Å². The van der Waals surface area contributed by atoms with Crippen molar-refractivity contribution in [3.05, 3.63) is 108 Å². The van der Waals surface area contributed by atoms with Gasteiger partial charge in [-0.05, 0) is 55.7 Å². The Bertz CT molecular complexity index is 1260. The van der Waals surface area contributed by atoms with Gasteiger partial charge in [0.15, 0.2) is 0 Å². The van der Waals surface area contributed by atoms with Gasteiger partial charge in [-0.3, -0.25) is 4.99 Å². The Balaban J connectivity index is 1.59. The third kappa shape index (κ3) is 5.63. The lowest BCUT2D eigenvalue weighted by atomic mass is 9.68. The highest BCUT2D eigenvalue weighted by atomic mass is 16.7. The normalized spacial score (nSPS) is 23.2. The van der Waals surface area contributed by atoms with Crippen LogP contribution in [-0.2, 0) is 4.74 Å². The second-order valence-electron chi connectivity index (χ2n) is 8.58. The van der Waals surface area contributed by atoms with Crippen molar-refractivity contribution in [2.75, 3.05) is 6.54 Å². The summed E-state index contributed by atoms with van der Waals surface area (Å²) >= 11 is 0. The third-order valence-corrected chi connectivity index (χ3v) is 6.05. The topological polar surface area (TPSA) is 86.2 Å². The van der Waals surface area contributed by atoms with Gasteiger partial charge in [0.25, 0.3) is 0 Å². The van der Waals surface area contributed by atoms with Gasteiger partial charge >= 0.3 is 12.2 Å². The highest BCUT2D eigenvalue weighted by molar-refractivity contribution is 5.95. The Kier molecular flexibility index (Phi) is 7.49. The summed E-state index contributed by atoms with van der Waals surface area (Å²) in [7, 11) is 0. The summed E-state index contributed by atoms with van der Waals surface area (Å²) in [5.41, 5.74) is 1.69. The molecule has 0 fully saturated rings. The van der Waals surface area contributed by atoms with Crippen LogP contribution in [0.1, 0.15) is 20.3 Å². The SMILES string of the molecule is C=C1/C=C\C(OC(=O)Oc2ccccc2)=NCC2C=C(C)CC1(NC(=O)Oc1ccccc1)/C2=C\C. The van der Waals surface area contributed by atoms with E-state index in [-0.39, 0.29) is 11.8 Å². The molecule has 0 aromatic heterocycles. The fourth-order valence-corrected chi connectivity index (χ4v) is 4.54. The van der Waals surface area contributed by atoms with Gasteiger partial charge in [-0.1, -0.05) is 66.8 Å². The lowest BCUT2D eigenvalue weighted by Gasteiger charge is -2.43. The molecule has 2 unspecified atom stereocenters. The van der Waals surface area contributed by atoms with Crippen LogP contribution < -0.4 is 14.8 Å². The highest BCUT2D eigenvalue weighted by Crippen LogP contribution is 2.42. The zero-order valence-electron chi connectivity index (χ0n) is 20.3. The van der Waals surface area contributed by atoms with Crippen LogP contribution in [0.5, 0.6) is 11.5 Å². The smallest absolute Gasteiger partial charge is 0.410 e. The Morgan fingerprint density at radius 1 is 1.00 bits per heavy atom. The Hall–Kier alpha value is -4.39. The van der Waals surface area contributed by atoms with Gasteiger partial charge in [-0.2, -0.15) is 0 Å². The fraction of sp³-hybridized carbons (Fsp3) is 0.207. The predicted octanol–water partition coefficient (Wildman–Crippen LogP) is 6.17. The van der Waals surface area contributed by atoms with E-state index in [0.29, 0.717) is 30.0 Å². The van der Waals surface area contributed by atoms with E-state index in [1.165, 1.54) is 0 Å². The molecule has 36 heavy (non-hydrogen) atoms. The number of amides is 1. The van der Waals surface area contributed by atoms with E-state index in [1.54, 1.807) is 60.7 Å². The number of nitrogens with zero attached hydrogens (tertiary/aromatic N) is 1. The number of hydrogen-bond acceptors (Lipinski definition) is 6. The van der Waals surface area contributed by atoms with Gasteiger partial charge in [0.1, 0.15) is 11.5 Å². The summed E-state index contributed by atoms with van der Waals surface area (Å²) in [5, 5.41) is 3.07. The average molecular weight is 485 g/mol. The minimum absolute atomic E-state index is 0.0909. The Labute approximate surface area is 210 Å². The molecule has 0 saturated heterocycles. The van der Waals surface area contributed by atoms with Gasteiger partial charge < -0.3 is 19.5 Å². The molecular weight excluding hydrogens is 456 g/mol. The number of fused-ring (bicyclic) bond motifs is 2. The summed E-state index contributed by atoms with van der Waals surface area (Å²) in [6.45, 7) is 8.50. The molecule has 2 atom stereocenters. The first-order valence-corrected chi connectivity index (χ1v) is 11.7. The maximum Gasteiger partial charge on any atom is 0.520 e. The summed E-state index contributed by atoms with van der Waals surface area (Å²) in [6.07, 6.45) is 6.37. The molecule has 1 amide bonds. The van der Waals surface area contributed by atoms with Crippen LogP contribution in [0, 0.1) is 5.92 Å². The number of carbonyl (C=O) groups is 2. The Morgan fingerprint density at radius 3 is 2.28 bits per heavy atom. The summed E-state index contributed by atoms with van der Waals surface area (Å²) in [4.78, 5) is 29.9. The van der Waals surface area contributed by atoms with Crippen LogP contribution in [0.15, 0.2) is 113 Å². The van der Waals surface area contributed by atoms with Crippen LogP contribution in [0.3, 0.4) is 0 Å². The third-order valence-electron chi connectivity index (χ3n) is 6.05. The number of allylic oxidation sites excluding steroid dienone is 1. The molecule has 2 aromatic rings. The molecule has 0 radical (unpaired) electrons. The van der Waals surface area contributed by atoms with Crippen molar-refractivity contribution in [2.45, 2.75) is 25.8 Å². The number of ether oxygens (including phenoxy) is 3. The molecule has 0 saturated carbocycles. The van der Waals surface area contributed by atoms with E-state index in [2.05, 4.69) is 23.0 Å². The summed E-state index contributed by atoms with van der Waals surface area (Å²) < 4.78 is 16.1. The maximum atomic E-state index is 13.0. The number of rotatable bonds is 3. The number of nitrogens with one attached hydrogen (secondary N) is 1. The molecule has 184 valence electrons. The van der Waals surface area contributed by atoms with E-state index < -0.39 is 17.8 Å². The van der Waals surface area contributed by atoms with Crippen LogP contribution in [0.25, 0.3) is 0 Å². The number of benzene rings is 2. The van der Waals surface area contributed by atoms with Crippen molar-refractivity contribution in [3.63, 3.8) is 0 Å². The molecule has 0 spiro atoms. The molecule has 1 aliphatic heterocycles. The van der Waals surface area contributed by atoms with E-state index in [9.17, 15) is 9.59 Å². The zero-order chi connectivity index (χ0) is 25.5. The number of hydrogen-bond donors (Lipinski definition) is 1. The number of carbonyl (C=O) groups excluding carboxylic acids is 2. The first kappa shape index (κ1) is 24.7. The fourth-order valence-electron chi connectivity index (χ4n) is 4.54. The van der Waals surface area contributed by atoms with E-state index in [1.807, 2.05) is 32.1 Å². The molecule has 1 heterocycles. The molecule has 7 nitrogen and oxygen atoms in total. The number of para-hydroxylation sites is 2. The highest BCUT2D eigenvalue weighted by Gasteiger charge is 2.44. The molecule has 4 rings (SSSR count). The van der Waals surface area contributed by atoms with Crippen LogP contribution >= 0.6 is 0 Å². The van der Waals surface area contributed by atoms with Crippen LogP contribution in [0.2, 0.25) is 0 Å². The minimum Gasteiger partial charge on any atom is -0.410 e. The Morgan fingerprint density at radius 2 is 1.64 bits per heavy atom. The molecule has 7 heteroatoms. The van der Waals surface area contributed by atoms with Crippen molar-refractivity contribution in [1.29, 1.82) is 0 Å². The standard InChI is InChI=1S/C29H28N2O5/c1-4-25-22-17-20(2)18-29(25,31-27(32)34-23-11-7-5-8-12-23)21(3)15-16-26(30-19-22)36-28(33)35-24-13-9-6-10-14-24/h4-17,22H,3,18-19H2,1-2H3,(H,31,32)/b16-15-,25-4-,30-26?. The molecule has 2 aromatic carbocycles. The largest absolute Gasteiger partial charge is 0.520 e. The quantitative estimate of drug-likeness (QED) is 0.320. The van der Waals surface area contributed by atoms with Gasteiger partial charge in [0.2, 0.25) is 5.90 Å². The van der Waals surface area contributed by atoms with Gasteiger partial charge in [0.05, 0.1) is 12.1 Å². The van der Waals surface area contributed by atoms with Crippen LogP contribution in [-0.4, -0.2) is 30.2 Å². The van der Waals surface area contributed by atoms with E-state index in [0.717, 1.165) is 11.1 Å². The van der Waals surface area contributed by atoms with E-state index in [4.69, 9.17) is 14.2 Å². The minimum atomic E-state index is -0.921. The van der Waals surface area contributed by atoms with Crippen molar-refractivity contribution >= 4 is 18.1 Å². The van der Waals surface area contributed by atoms with Gasteiger partial charge in [-0.15, -0.1) is 0 Å². The van der Waals surface area contributed by atoms with Gasteiger partial charge in [0, 0.05) is 12.0 Å². The zero-order valence-corrected chi connectivity index (χ0v) is 20.3. The lowest BCUT2D eigenvalue weighted by Crippen LogP contribution is -2.54. The first-order valence-electron chi connectivity index (χ1n) is 11.7.